The summed E-state index contributed by atoms with van der Waals surface area (Å²) in [5.41, 5.74) is 0.609. The van der Waals surface area contributed by atoms with E-state index in [1.54, 1.807) is 35.9 Å². The first-order valence-electron chi connectivity index (χ1n) is 8.60. The van der Waals surface area contributed by atoms with E-state index in [1.165, 1.54) is 0 Å². The Morgan fingerprint density at radius 1 is 1.19 bits per heavy atom. The van der Waals surface area contributed by atoms with Crippen LogP contribution in [0.5, 0.6) is 0 Å². The van der Waals surface area contributed by atoms with E-state index in [9.17, 15) is 9.59 Å². The van der Waals surface area contributed by atoms with Crippen LogP contribution in [0.3, 0.4) is 0 Å². The van der Waals surface area contributed by atoms with E-state index < -0.39 is 6.04 Å². The van der Waals surface area contributed by atoms with Crippen molar-refractivity contribution in [2.45, 2.75) is 26.3 Å². The molecule has 2 aromatic rings. The zero-order chi connectivity index (χ0) is 18.5. The molecule has 1 aliphatic rings. The van der Waals surface area contributed by atoms with Crippen LogP contribution < -0.4 is 5.32 Å². The highest BCUT2D eigenvalue weighted by Crippen LogP contribution is 2.16. The second kappa shape index (κ2) is 7.94. The average Bonchev–Trinajstić information content (AvgIpc) is 3.00. The second-order valence-electron chi connectivity index (χ2n) is 6.19. The van der Waals surface area contributed by atoms with Crippen molar-refractivity contribution in [1.82, 2.24) is 30.2 Å². The highest BCUT2D eigenvalue weighted by Gasteiger charge is 2.23. The normalized spacial score (nSPS) is 16.1. The third kappa shape index (κ3) is 4.16. The van der Waals surface area contributed by atoms with Gasteiger partial charge < -0.3 is 19.6 Å². The second-order valence-corrected chi connectivity index (χ2v) is 6.19. The first-order valence-corrected chi connectivity index (χ1v) is 8.60. The molecular formula is C17H22N6O3. The minimum absolute atomic E-state index is 0.0357. The molecular weight excluding hydrogens is 336 g/mol. The van der Waals surface area contributed by atoms with Gasteiger partial charge in [0.1, 0.15) is 11.7 Å². The summed E-state index contributed by atoms with van der Waals surface area (Å²) in [7, 11) is 0. The van der Waals surface area contributed by atoms with Gasteiger partial charge in [0.15, 0.2) is 0 Å². The minimum atomic E-state index is -0.431. The van der Waals surface area contributed by atoms with E-state index in [4.69, 9.17) is 4.52 Å². The zero-order valence-electron chi connectivity index (χ0n) is 14.9. The number of nitrogens with zero attached hydrogens (tertiary/aromatic N) is 5. The lowest BCUT2D eigenvalue weighted by molar-refractivity contribution is -0.128. The lowest BCUT2D eigenvalue weighted by Crippen LogP contribution is -2.43. The molecule has 1 atom stereocenters. The van der Waals surface area contributed by atoms with Crippen molar-refractivity contribution < 1.29 is 14.1 Å². The highest BCUT2D eigenvalue weighted by molar-refractivity contribution is 5.75. The number of nitrogens with one attached hydrogen (secondary N) is 1. The molecule has 1 N–H and O–H groups in total. The Kier molecular flexibility index (Phi) is 5.45. The van der Waals surface area contributed by atoms with Gasteiger partial charge in [0.25, 0.3) is 0 Å². The number of pyridine rings is 1. The van der Waals surface area contributed by atoms with Gasteiger partial charge in [-0.25, -0.2) is 4.79 Å². The third-order valence-electron chi connectivity index (χ3n) is 4.27. The quantitative estimate of drug-likeness (QED) is 0.891. The van der Waals surface area contributed by atoms with Crippen molar-refractivity contribution in [3.8, 4) is 11.5 Å². The fourth-order valence-electron chi connectivity index (χ4n) is 2.78. The van der Waals surface area contributed by atoms with E-state index in [2.05, 4.69) is 20.4 Å². The summed E-state index contributed by atoms with van der Waals surface area (Å²) in [4.78, 5) is 35.9. The monoisotopic (exact) mass is 358 g/mol. The van der Waals surface area contributed by atoms with Gasteiger partial charge in [0.05, 0.1) is 0 Å². The van der Waals surface area contributed by atoms with Crippen molar-refractivity contribution in [1.29, 1.82) is 0 Å². The molecule has 9 nitrogen and oxygen atoms in total. The van der Waals surface area contributed by atoms with Crippen LogP contribution in [-0.2, 0) is 4.79 Å². The van der Waals surface area contributed by atoms with Crippen LogP contribution in [-0.4, -0.2) is 63.0 Å². The topological polar surface area (TPSA) is 104 Å². The number of aromatic nitrogens is 3. The van der Waals surface area contributed by atoms with Crippen molar-refractivity contribution in [3.63, 3.8) is 0 Å². The zero-order valence-corrected chi connectivity index (χ0v) is 14.9. The number of hydrogen-bond donors (Lipinski definition) is 1. The number of rotatable bonds is 3. The van der Waals surface area contributed by atoms with Crippen molar-refractivity contribution >= 4 is 11.9 Å². The molecule has 3 amide bonds. The Morgan fingerprint density at radius 3 is 2.69 bits per heavy atom. The number of carbonyl (C=O) groups excluding carboxylic acids is 2. The van der Waals surface area contributed by atoms with Crippen LogP contribution in [0.25, 0.3) is 11.5 Å². The summed E-state index contributed by atoms with van der Waals surface area (Å²) in [5, 5.41) is 6.78. The molecule has 0 aromatic carbocycles. The molecule has 0 spiro atoms. The Balaban J connectivity index is 1.59. The van der Waals surface area contributed by atoms with Crippen LogP contribution in [0, 0.1) is 0 Å². The van der Waals surface area contributed by atoms with Crippen LogP contribution in [0.2, 0.25) is 0 Å². The van der Waals surface area contributed by atoms with Gasteiger partial charge in [-0.1, -0.05) is 11.2 Å². The molecule has 138 valence electrons. The van der Waals surface area contributed by atoms with Crippen LogP contribution >= 0.6 is 0 Å². The number of urea groups is 1. The molecule has 1 fully saturated rings. The molecule has 3 heterocycles. The van der Waals surface area contributed by atoms with E-state index >= 15 is 0 Å². The van der Waals surface area contributed by atoms with Gasteiger partial charge in [0.2, 0.25) is 17.6 Å². The molecule has 1 saturated heterocycles. The first kappa shape index (κ1) is 17.8. The molecule has 9 heteroatoms. The fourth-order valence-corrected chi connectivity index (χ4v) is 2.78. The predicted octanol–water partition coefficient (Wildman–Crippen LogP) is 1.46. The van der Waals surface area contributed by atoms with Crippen molar-refractivity contribution in [3.05, 3.63) is 30.3 Å². The van der Waals surface area contributed by atoms with Gasteiger partial charge in [-0.15, -0.1) is 0 Å². The maximum Gasteiger partial charge on any atom is 0.318 e. The van der Waals surface area contributed by atoms with Crippen LogP contribution in [0.1, 0.15) is 32.2 Å². The van der Waals surface area contributed by atoms with Gasteiger partial charge >= 0.3 is 6.03 Å². The summed E-state index contributed by atoms with van der Waals surface area (Å²) in [6, 6.07) is 4.80. The smallest absolute Gasteiger partial charge is 0.318 e. The maximum atomic E-state index is 12.5. The predicted molar refractivity (Wildman–Crippen MR) is 92.9 cm³/mol. The highest BCUT2D eigenvalue weighted by atomic mass is 16.5. The van der Waals surface area contributed by atoms with E-state index in [0.717, 1.165) is 6.42 Å². The van der Waals surface area contributed by atoms with E-state index in [0.29, 0.717) is 43.6 Å². The van der Waals surface area contributed by atoms with Gasteiger partial charge in [-0.2, -0.15) is 4.98 Å². The first-order chi connectivity index (χ1) is 12.5. The van der Waals surface area contributed by atoms with Gasteiger partial charge in [-0.3, -0.25) is 9.78 Å². The molecule has 0 aliphatic carbocycles. The summed E-state index contributed by atoms with van der Waals surface area (Å²) in [5.74, 6) is 0.737. The molecule has 26 heavy (non-hydrogen) atoms. The standard InChI is InChI=1S/C17H22N6O3/c1-12(16-20-15(21-26-16)14-6-3-4-7-18-14)19-17(25)23-9-5-8-22(10-11-23)13(2)24/h3-4,6-7,12H,5,8-11H2,1-2H3,(H,19,25)/t12-/m1/s1. The van der Waals surface area contributed by atoms with Crippen molar-refractivity contribution in [2.75, 3.05) is 26.2 Å². The van der Waals surface area contributed by atoms with E-state index in [1.807, 2.05) is 12.1 Å². The summed E-state index contributed by atoms with van der Waals surface area (Å²) < 4.78 is 5.26. The van der Waals surface area contributed by atoms with Gasteiger partial charge in [0, 0.05) is 39.3 Å². The number of amides is 3. The maximum absolute atomic E-state index is 12.5. The number of hydrogen-bond acceptors (Lipinski definition) is 6. The molecule has 0 radical (unpaired) electrons. The third-order valence-corrected chi connectivity index (χ3v) is 4.27. The summed E-state index contributed by atoms with van der Waals surface area (Å²) >= 11 is 0. The summed E-state index contributed by atoms with van der Waals surface area (Å²) in [6.45, 7) is 5.65. The molecule has 0 bridgehead atoms. The van der Waals surface area contributed by atoms with Crippen LogP contribution in [0.15, 0.2) is 28.9 Å². The van der Waals surface area contributed by atoms with E-state index in [-0.39, 0.29) is 11.9 Å². The van der Waals surface area contributed by atoms with Crippen molar-refractivity contribution in [2.24, 2.45) is 0 Å². The fraction of sp³-hybridized carbons (Fsp3) is 0.471. The largest absolute Gasteiger partial charge is 0.341 e. The Morgan fingerprint density at radius 2 is 1.96 bits per heavy atom. The summed E-state index contributed by atoms with van der Waals surface area (Å²) in [6.07, 6.45) is 2.41. The Labute approximate surface area is 151 Å². The number of carbonyl (C=O) groups is 2. The van der Waals surface area contributed by atoms with Crippen LogP contribution in [0.4, 0.5) is 4.79 Å². The lowest BCUT2D eigenvalue weighted by Gasteiger charge is -2.23. The minimum Gasteiger partial charge on any atom is -0.341 e. The molecule has 3 rings (SSSR count). The van der Waals surface area contributed by atoms with Gasteiger partial charge in [-0.05, 0) is 25.5 Å². The lowest BCUT2D eigenvalue weighted by atomic mass is 10.3. The molecule has 0 unspecified atom stereocenters. The Hall–Kier alpha value is -2.97. The molecule has 2 aromatic heterocycles. The Bertz CT molecular complexity index is 763. The SMILES string of the molecule is CC(=O)N1CCCN(C(=O)N[C@H](C)c2nc(-c3ccccn3)no2)CC1. The molecule has 0 saturated carbocycles. The molecule has 1 aliphatic heterocycles. The average molecular weight is 358 g/mol.